The van der Waals surface area contributed by atoms with E-state index in [1.54, 1.807) is 6.26 Å². The molecule has 2 aliphatic rings. The lowest BCUT2D eigenvalue weighted by molar-refractivity contribution is -0.137. The number of ether oxygens (including phenoxy) is 1. The Hall–Kier alpha value is -1.41. The summed E-state index contributed by atoms with van der Waals surface area (Å²) in [6.45, 7) is 0. The Morgan fingerprint density at radius 3 is 2.32 bits per heavy atom. The van der Waals surface area contributed by atoms with E-state index in [0.29, 0.717) is 6.04 Å². The summed E-state index contributed by atoms with van der Waals surface area (Å²) in [6.07, 6.45) is 4.77. The zero-order valence-electron chi connectivity index (χ0n) is 16.2. The van der Waals surface area contributed by atoms with Gasteiger partial charge in [-0.1, -0.05) is 19.3 Å². The molecule has 0 radical (unpaired) electrons. The monoisotopic (exact) mass is 416 g/mol. The molecule has 156 valence electrons. The standard InChI is InChI=1S/C20H27F3N2O2S/c1-27-16-10-12(20(21,22)23)11-17(28-2)18(16)19(26)25-15-9-4-3-8-14(15)24-13-6-5-7-13/h10-11,13-15,24H,3-9H2,1-2H3,(H,25,26). The first-order valence-electron chi connectivity index (χ1n) is 9.73. The molecule has 3 rings (SSSR count). The van der Waals surface area contributed by atoms with Crippen molar-refractivity contribution >= 4 is 17.7 Å². The van der Waals surface area contributed by atoms with Crippen LogP contribution < -0.4 is 15.4 Å². The van der Waals surface area contributed by atoms with Crippen LogP contribution in [0.15, 0.2) is 17.0 Å². The number of halogens is 3. The number of hydrogen-bond acceptors (Lipinski definition) is 4. The zero-order chi connectivity index (χ0) is 20.3. The molecule has 2 atom stereocenters. The van der Waals surface area contributed by atoms with Crippen molar-refractivity contribution in [1.29, 1.82) is 0 Å². The molecule has 0 saturated heterocycles. The second kappa shape index (κ2) is 8.95. The lowest BCUT2D eigenvalue weighted by atomic mass is 9.86. The third kappa shape index (κ3) is 4.76. The normalized spacial score (nSPS) is 23.2. The average Bonchev–Trinajstić information content (AvgIpc) is 2.63. The van der Waals surface area contributed by atoms with Gasteiger partial charge in [0.2, 0.25) is 0 Å². The molecule has 2 N–H and O–H groups in total. The van der Waals surface area contributed by atoms with Crippen LogP contribution in [0.25, 0.3) is 0 Å². The second-order valence-corrected chi connectivity index (χ2v) is 8.37. The Balaban J connectivity index is 1.82. The van der Waals surface area contributed by atoms with Gasteiger partial charge in [0.15, 0.2) is 0 Å². The first-order valence-corrected chi connectivity index (χ1v) is 11.0. The van der Waals surface area contributed by atoms with E-state index in [9.17, 15) is 18.0 Å². The molecule has 2 aliphatic carbocycles. The van der Waals surface area contributed by atoms with Crippen molar-refractivity contribution in [2.24, 2.45) is 0 Å². The molecule has 4 nitrogen and oxygen atoms in total. The number of rotatable bonds is 6. The fourth-order valence-electron chi connectivity index (χ4n) is 3.92. The van der Waals surface area contributed by atoms with Gasteiger partial charge in [-0.15, -0.1) is 11.8 Å². The highest BCUT2D eigenvalue weighted by Crippen LogP contribution is 2.38. The van der Waals surface area contributed by atoms with Crippen LogP contribution in [0, 0.1) is 0 Å². The van der Waals surface area contributed by atoms with E-state index in [1.165, 1.54) is 26.4 Å². The van der Waals surface area contributed by atoms with E-state index in [1.807, 2.05) is 0 Å². The van der Waals surface area contributed by atoms with Crippen molar-refractivity contribution in [3.05, 3.63) is 23.3 Å². The van der Waals surface area contributed by atoms with Crippen LogP contribution in [0.3, 0.4) is 0 Å². The molecule has 2 fully saturated rings. The lowest BCUT2D eigenvalue weighted by Gasteiger charge is -2.38. The highest BCUT2D eigenvalue weighted by Gasteiger charge is 2.35. The molecule has 1 amide bonds. The summed E-state index contributed by atoms with van der Waals surface area (Å²) in [4.78, 5) is 13.3. The summed E-state index contributed by atoms with van der Waals surface area (Å²) >= 11 is 1.11. The summed E-state index contributed by atoms with van der Waals surface area (Å²) in [5.41, 5.74) is -0.636. The minimum atomic E-state index is -4.49. The van der Waals surface area contributed by atoms with Crippen LogP contribution in [-0.4, -0.2) is 37.4 Å². The average molecular weight is 417 g/mol. The maximum atomic E-state index is 13.2. The number of hydrogen-bond donors (Lipinski definition) is 2. The van der Waals surface area contributed by atoms with Crippen LogP contribution in [0.2, 0.25) is 0 Å². The largest absolute Gasteiger partial charge is 0.496 e. The molecular weight excluding hydrogens is 389 g/mol. The molecular formula is C20H27F3N2O2S. The number of carbonyl (C=O) groups is 1. The fraction of sp³-hybridized carbons (Fsp3) is 0.650. The number of carbonyl (C=O) groups excluding carboxylic acids is 1. The van der Waals surface area contributed by atoms with Crippen molar-refractivity contribution in [3.8, 4) is 5.75 Å². The van der Waals surface area contributed by atoms with Crippen molar-refractivity contribution in [3.63, 3.8) is 0 Å². The van der Waals surface area contributed by atoms with Gasteiger partial charge in [-0.25, -0.2) is 0 Å². The molecule has 0 heterocycles. The van der Waals surface area contributed by atoms with Crippen LogP contribution in [-0.2, 0) is 6.18 Å². The summed E-state index contributed by atoms with van der Waals surface area (Å²) < 4.78 is 44.7. The smallest absolute Gasteiger partial charge is 0.416 e. The predicted molar refractivity (Wildman–Crippen MR) is 104 cm³/mol. The summed E-state index contributed by atoms with van der Waals surface area (Å²) in [6, 6.07) is 2.63. The molecule has 2 saturated carbocycles. The first kappa shape index (κ1) is 21.3. The van der Waals surface area contributed by atoms with Crippen molar-refractivity contribution < 1.29 is 22.7 Å². The molecule has 8 heteroatoms. The zero-order valence-corrected chi connectivity index (χ0v) is 17.0. The fourth-order valence-corrected chi connectivity index (χ4v) is 4.56. The summed E-state index contributed by atoms with van der Waals surface area (Å²) in [5.74, 6) is -0.418. The molecule has 1 aromatic rings. The highest BCUT2D eigenvalue weighted by molar-refractivity contribution is 7.98. The van der Waals surface area contributed by atoms with Gasteiger partial charge < -0.3 is 15.4 Å². The van der Waals surface area contributed by atoms with Crippen LogP contribution in [0.5, 0.6) is 5.75 Å². The van der Waals surface area contributed by atoms with Gasteiger partial charge in [0, 0.05) is 23.0 Å². The van der Waals surface area contributed by atoms with Gasteiger partial charge in [0.25, 0.3) is 5.91 Å². The lowest BCUT2D eigenvalue weighted by Crippen LogP contribution is -2.55. The van der Waals surface area contributed by atoms with Crippen LogP contribution in [0.4, 0.5) is 13.2 Å². The van der Waals surface area contributed by atoms with Gasteiger partial charge in [0.1, 0.15) is 5.75 Å². The Morgan fingerprint density at radius 2 is 1.79 bits per heavy atom. The van der Waals surface area contributed by atoms with Gasteiger partial charge in [-0.3, -0.25) is 4.79 Å². The number of benzene rings is 1. The van der Waals surface area contributed by atoms with Crippen molar-refractivity contribution in [1.82, 2.24) is 10.6 Å². The number of methoxy groups -OCH3 is 1. The van der Waals surface area contributed by atoms with E-state index in [2.05, 4.69) is 10.6 Å². The van der Waals surface area contributed by atoms with Gasteiger partial charge >= 0.3 is 6.18 Å². The molecule has 0 aliphatic heterocycles. The highest BCUT2D eigenvalue weighted by atomic mass is 32.2. The van der Waals surface area contributed by atoms with Crippen molar-refractivity contribution in [2.75, 3.05) is 13.4 Å². The predicted octanol–water partition coefficient (Wildman–Crippen LogP) is 4.62. The SMILES string of the molecule is COc1cc(C(F)(F)F)cc(SC)c1C(=O)NC1CCCCC1NC1CCC1. The third-order valence-electron chi connectivity index (χ3n) is 5.70. The topological polar surface area (TPSA) is 50.4 Å². The summed E-state index contributed by atoms with van der Waals surface area (Å²) in [5, 5.41) is 6.72. The first-order chi connectivity index (χ1) is 13.3. The van der Waals surface area contributed by atoms with Gasteiger partial charge in [-0.05, 0) is 44.1 Å². The number of nitrogens with one attached hydrogen (secondary N) is 2. The maximum Gasteiger partial charge on any atom is 0.416 e. The van der Waals surface area contributed by atoms with Crippen LogP contribution >= 0.6 is 11.8 Å². The molecule has 0 aromatic heterocycles. The number of thioether (sulfide) groups is 1. The van der Waals surface area contributed by atoms with Crippen molar-refractivity contribution in [2.45, 2.75) is 74.1 Å². The molecule has 28 heavy (non-hydrogen) atoms. The Bertz CT molecular complexity index is 682. The quantitative estimate of drug-likeness (QED) is 0.665. The molecule has 1 aromatic carbocycles. The molecule has 0 bridgehead atoms. The van der Waals surface area contributed by atoms with Gasteiger partial charge in [0.05, 0.1) is 18.2 Å². The second-order valence-electron chi connectivity index (χ2n) is 7.52. The number of amides is 1. The Kier molecular flexibility index (Phi) is 6.81. The van der Waals surface area contributed by atoms with E-state index >= 15 is 0 Å². The van der Waals surface area contributed by atoms with Gasteiger partial charge in [-0.2, -0.15) is 13.2 Å². The molecule has 0 spiro atoms. The van der Waals surface area contributed by atoms with Crippen LogP contribution in [0.1, 0.15) is 60.9 Å². The minimum absolute atomic E-state index is 0.0245. The summed E-state index contributed by atoms with van der Waals surface area (Å²) in [7, 11) is 1.29. The number of alkyl halides is 3. The minimum Gasteiger partial charge on any atom is -0.496 e. The third-order valence-corrected chi connectivity index (χ3v) is 6.46. The van der Waals surface area contributed by atoms with E-state index < -0.39 is 11.7 Å². The van der Waals surface area contributed by atoms with E-state index in [0.717, 1.165) is 49.6 Å². The maximum absolute atomic E-state index is 13.2. The van der Waals surface area contributed by atoms with E-state index in [-0.39, 0.29) is 34.2 Å². The van der Waals surface area contributed by atoms with E-state index in [4.69, 9.17) is 4.74 Å². The molecule has 2 unspecified atom stereocenters. The Labute approximate surface area is 168 Å². The Morgan fingerprint density at radius 1 is 1.11 bits per heavy atom.